The van der Waals surface area contributed by atoms with Gasteiger partial charge in [-0.3, -0.25) is 4.79 Å². The molecule has 23 heavy (non-hydrogen) atoms. The Bertz CT molecular complexity index is 993. The lowest BCUT2D eigenvalue weighted by atomic mass is 10.1. The second kappa shape index (κ2) is 5.52. The SMILES string of the molecule is Cc1ccc(-n2cc(C(=O)O)c(=O)c3c(F)cc(Cl)cc32)cc1. The number of carboxylic acid groups (broad SMARTS) is 1. The van der Waals surface area contributed by atoms with Crippen LogP contribution < -0.4 is 5.43 Å². The lowest BCUT2D eigenvalue weighted by molar-refractivity contribution is 0.0695. The number of hydrogen-bond acceptors (Lipinski definition) is 2. The van der Waals surface area contributed by atoms with E-state index in [-0.39, 0.29) is 15.9 Å². The molecular formula is C17H11ClFNO3. The molecule has 2 aromatic carbocycles. The number of carbonyl (C=O) groups is 1. The van der Waals surface area contributed by atoms with Gasteiger partial charge in [-0.2, -0.15) is 0 Å². The number of fused-ring (bicyclic) bond motifs is 1. The topological polar surface area (TPSA) is 59.3 Å². The molecule has 0 spiro atoms. The summed E-state index contributed by atoms with van der Waals surface area (Å²) in [4.78, 5) is 23.6. The quantitative estimate of drug-likeness (QED) is 0.777. The summed E-state index contributed by atoms with van der Waals surface area (Å²) in [6.07, 6.45) is 1.19. The van der Waals surface area contributed by atoms with Crippen LogP contribution in [0.25, 0.3) is 16.6 Å². The Morgan fingerprint density at radius 2 is 1.87 bits per heavy atom. The first kappa shape index (κ1) is 15.2. The van der Waals surface area contributed by atoms with Crippen molar-refractivity contribution in [3.8, 4) is 5.69 Å². The molecule has 6 heteroatoms. The minimum Gasteiger partial charge on any atom is -0.477 e. The number of aryl methyl sites for hydroxylation is 1. The minimum absolute atomic E-state index is 0.123. The molecule has 0 aliphatic rings. The number of pyridine rings is 1. The second-order valence-corrected chi connectivity index (χ2v) is 5.60. The van der Waals surface area contributed by atoms with Crippen molar-refractivity contribution in [1.82, 2.24) is 4.57 Å². The van der Waals surface area contributed by atoms with Crippen molar-refractivity contribution in [2.24, 2.45) is 0 Å². The van der Waals surface area contributed by atoms with Crippen LogP contribution in [0.15, 0.2) is 47.4 Å². The fourth-order valence-corrected chi connectivity index (χ4v) is 2.64. The smallest absolute Gasteiger partial charge is 0.341 e. The van der Waals surface area contributed by atoms with E-state index in [9.17, 15) is 19.1 Å². The summed E-state index contributed by atoms with van der Waals surface area (Å²) >= 11 is 5.89. The number of benzene rings is 2. The van der Waals surface area contributed by atoms with E-state index < -0.39 is 22.8 Å². The van der Waals surface area contributed by atoms with Gasteiger partial charge in [0, 0.05) is 16.9 Å². The largest absolute Gasteiger partial charge is 0.477 e. The Kier molecular flexibility index (Phi) is 3.66. The molecule has 0 unspecified atom stereocenters. The van der Waals surface area contributed by atoms with Gasteiger partial charge >= 0.3 is 5.97 Å². The predicted octanol–water partition coefficient (Wildman–Crippen LogP) is 3.79. The van der Waals surface area contributed by atoms with Crippen LogP contribution in [0.2, 0.25) is 5.02 Å². The van der Waals surface area contributed by atoms with E-state index >= 15 is 0 Å². The highest BCUT2D eigenvalue weighted by Crippen LogP contribution is 2.24. The van der Waals surface area contributed by atoms with Gasteiger partial charge in [0.25, 0.3) is 0 Å². The Morgan fingerprint density at radius 1 is 1.22 bits per heavy atom. The van der Waals surface area contributed by atoms with E-state index in [1.165, 1.54) is 16.8 Å². The third kappa shape index (κ3) is 2.59. The Hall–Kier alpha value is -2.66. The molecule has 0 aliphatic carbocycles. The van der Waals surface area contributed by atoms with E-state index in [0.717, 1.165) is 11.6 Å². The molecule has 0 fully saturated rings. The first-order valence-corrected chi connectivity index (χ1v) is 7.11. The first-order chi connectivity index (χ1) is 10.9. The summed E-state index contributed by atoms with van der Waals surface area (Å²) in [5.74, 6) is -2.26. The fourth-order valence-electron chi connectivity index (χ4n) is 2.44. The molecule has 3 aromatic rings. The van der Waals surface area contributed by atoms with Gasteiger partial charge < -0.3 is 9.67 Å². The highest BCUT2D eigenvalue weighted by atomic mass is 35.5. The van der Waals surface area contributed by atoms with E-state index in [4.69, 9.17) is 11.6 Å². The van der Waals surface area contributed by atoms with Gasteiger partial charge in [-0.25, -0.2) is 9.18 Å². The van der Waals surface area contributed by atoms with E-state index in [2.05, 4.69) is 0 Å². The van der Waals surface area contributed by atoms with Gasteiger partial charge in [0.05, 0.1) is 10.9 Å². The van der Waals surface area contributed by atoms with Crippen molar-refractivity contribution < 1.29 is 14.3 Å². The fraction of sp³-hybridized carbons (Fsp3) is 0.0588. The van der Waals surface area contributed by atoms with Crippen molar-refractivity contribution >= 4 is 28.5 Å². The van der Waals surface area contributed by atoms with Crippen LogP contribution in [0.5, 0.6) is 0 Å². The Labute approximate surface area is 135 Å². The Morgan fingerprint density at radius 3 is 2.48 bits per heavy atom. The third-order valence-electron chi connectivity index (χ3n) is 3.57. The molecule has 1 heterocycles. The lowest BCUT2D eigenvalue weighted by Gasteiger charge is -2.13. The average molecular weight is 332 g/mol. The number of aromatic nitrogens is 1. The van der Waals surface area contributed by atoms with Crippen LogP contribution in [0.1, 0.15) is 15.9 Å². The monoisotopic (exact) mass is 331 g/mol. The number of hydrogen-bond donors (Lipinski definition) is 1. The van der Waals surface area contributed by atoms with Crippen LogP contribution >= 0.6 is 11.6 Å². The maximum absolute atomic E-state index is 14.2. The molecule has 0 aliphatic heterocycles. The molecule has 0 bridgehead atoms. The van der Waals surface area contributed by atoms with Crippen molar-refractivity contribution in [3.63, 3.8) is 0 Å². The molecule has 3 rings (SSSR count). The summed E-state index contributed by atoms with van der Waals surface area (Å²) in [5.41, 5.74) is 0.463. The van der Waals surface area contributed by atoms with Gasteiger partial charge in [-0.05, 0) is 31.2 Å². The van der Waals surface area contributed by atoms with Crippen molar-refractivity contribution in [3.05, 3.63) is 74.8 Å². The lowest BCUT2D eigenvalue weighted by Crippen LogP contribution is -2.19. The van der Waals surface area contributed by atoms with Gasteiger partial charge in [0.1, 0.15) is 11.4 Å². The maximum Gasteiger partial charge on any atom is 0.341 e. The van der Waals surface area contributed by atoms with E-state index in [0.29, 0.717) is 5.69 Å². The zero-order chi connectivity index (χ0) is 16.7. The molecule has 0 saturated carbocycles. The maximum atomic E-state index is 14.2. The van der Waals surface area contributed by atoms with Gasteiger partial charge in [0.2, 0.25) is 5.43 Å². The summed E-state index contributed by atoms with van der Waals surface area (Å²) in [6, 6.07) is 9.61. The van der Waals surface area contributed by atoms with Gasteiger partial charge in [0.15, 0.2) is 0 Å². The van der Waals surface area contributed by atoms with Gasteiger partial charge in [-0.1, -0.05) is 29.3 Å². The van der Waals surface area contributed by atoms with Crippen LogP contribution in [0, 0.1) is 12.7 Å². The number of halogens is 2. The zero-order valence-electron chi connectivity index (χ0n) is 12.0. The average Bonchev–Trinajstić information content (AvgIpc) is 2.47. The minimum atomic E-state index is -1.41. The molecule has 0 radical (unpaired) electrons. The number of rotatable bonds is 2. The molecule has 0 atom stereocenters. The summed E-state index contributed by atoms with van der Waals surface area (Å²) in [7, 11) is 0. The van der Waals surface area contributed by atoms with Crippen LogP contribution in [-0.4, -0.2) is 15.6 Å². The van der Waals surface area contributed by atoms with E-state index in [1.807, 2.05) is 19.1 Å². The number of carboxylic acids is 1. The Balaban J connectivity index is 2.49. The molecule has 0 saturated heterocycles. The molecular weight excluding hydrogens is 321 g/mol. The second-order valence-electron chi connectivity index (χ2n) is 5.16. The highest BCUT2D eigenvalue weighted by molar-refractivity contribution is 6.31. The molecule has 116 valence electrons. The summed E-state index contributed by atoms with van der Waals surface area (Å²) < 4.78 is 15.7. The van der Waals surface area contributed by atoms with Crippen molar-refractivity contribution in [1.29, 1.82) is 0 Å². The molecule has 4 nitrogen and oxygen atoms in total. The summed E-state index contributed by atoms with van der Waals surface area (Å²) in [5, 5.41) is 9.05. The highest BCUT2D eigenvalue weighted by Gasteiger charge is 2.18. The molecule has 1 aromatic heterocycles. The number of aromatic carboxylic acids is 1. The zero-order valence-corrected chi connectivity index (χ0v) is 12.8. The van der Waals surface area contributed by atoms with Gasteiger partial charge in [-0.15, -0.1) is 0 Å². The normalized spacial score (nSPS) is 10.9. The molecule has 1 N–H and O–H groups in total. The van der Waals surface area contributed by atoms with Crippen LogP contribution in [0.3, 0.4) is 0 Å². The van der Waals surface area contributed by atoms with E-state index in [1.54, 1.807) is 12.1 Å². The van der Waals surface area contributed by atoms with Crippen molar-refractivity contribution in [2.45, 2.75) is 6.92 Å². The molecule has 0 amide bonds. The first-order valence-electron chi connectivity index (χ1n) is 6.73. The van der Waals surface area contributed by atoms with Crippen LogP contribution in [-0.2, 0) is 0 Å². The van der Waals surface area contributed by atoms with Crippen LogP contribution in [0.4, 0.5) is 4.39 Å². The number of nitrogens with zero attached hydrogens (tertiary/aromatic N) is 1. The van der Waals surface area contributed by atoms with Crippen molar-refractivity contribution in [2.75, 3.05) is 0 Å². The standard InChI is InChI=1S/C17H11ClFNO3/c1-9-2-4-11(5-3-9)20-8-12(17(22)23)16(21)15-13(19)6-10(18)7-14(15)20/h2-8H,1H3,(H,22,23). The summed E-state index contributed by atoms with van der Waals surface area (Å²) in [6.45, 7) is 1.91. The predicted molar refractivity (Wildman–Crippen MR) is 86.2 cm³/mol. The third-order valence-corrected chi connectivity index (χ3v) is 3.78.